The molecule has 274 valence electrons. The number of likely N-dealkylation sites (N-methyl/N-ethyl adjacent to an activating group) is 1. The van der Waals surface area contributed by atoms with Gasteiger partial charge in [-0.05, 0) is 80.3 Å². The van der Waals surface area contributed by atoms with Crippen molar-refractivity contribution in [2.75, 3.05) is 46.9 Å². The Morgan fingerprint density at radius 1 is 1.12 bits per heavy atom. The predicted molar refractivity (Wildman–Crippen MR) is 202 cm³/mol. The van der Waals surface area contributed by atoms with Crippen LogP contribution in [0.15, 0.2) is 61.7 Å². The van der Waals surface area contributed by atoms with E-state index in [2.05, 4.69) is 59.7 Å². The Morgan fingerprint density at radius 3 is 2.39 bits per heavy atom. The minimum Gasteiger partial charge on any atom is -0.465 e. The van der Waals surface area contributed by atoms with Gasteiger partial charge in [0.15, 0.2) is 0 Å². The van der Waals surface area contributed by atoms with Crippen molar-refractivity contribution in [3.63, 3.8) is 0 Å². The van der Waals surface area contributed by atoms with Crippen LogP contribution in [-0.4, -0.2) is 84.8 Å². The first-order valence-electron chi connectivity index (χ1n) is 17.3. The monoisotopic (exact) mass is 700 g/mol. The molecule has 11 heteroatoms. The second-order valence-electron chi connectivity index (χ2n) is 12.4. The van der Waals surface area contributed by atoms with Crippen molar-refractivity contribution in [2.45, 2.75) is 78.5 Å². The predicted octanol–water partition coefficient (Wildman–Crippen LogP) is 6.70. The number of carbonyl (C=O) groups excluding carboxylic acids is 2. The third kappa shape index (κ3) is 15.8. The summed E-state index contributed by atoms with van der Waals surface area (Å²) in [6.45, 7) is 19.2. The van der Waals surface area contributed by atoms with Crippen LogP contribution in [0.4, 0.5) is 0 Å². The zero-order chi connectivity index (χ0) is 36.8. The van der Waals surface area contributed by atoms with E-state index in [9.17, 15) is 9.59 Å². The molecule has 1 aliphatic heterocycles. The Kier molecular flexibility index (Phi) is 21.9. The molecule has 2 heterocycles. The first kappa shape index (κ1) is 43.6. The lowest BCUT2D eigenvalue weighted by Gasteiger charge is -2.39. The molecule has 10 nitrogen and oxygen atoms in total. The van der Waals surface area contributed by atoms with Gasteiger partial charge in [-0.1, -0.05) is 70.5 Å². The van der Waals surface area contributed by atoms with Crippen LogP contribution in [0.2, 0.25) is 5.02 Å². The van der Waals surface area contributed by atoms with Crippen molar-refractivity contribution in [3.8, 4) is 0 Å². The molecule has 0 radical (unpaired) electrons. The van der Waals surface area contributed by atoms with Gasteiger partial charge in [0.1, 0.15) is 6.61 Å². The molecule has 0 spiro atoms. The number of aryl methyl sites for hydroxylation is 1. The molecule has 1 amide bonds. The molecule has 0 aliphatic carbocycles. The van der Waals surface area contributed by atoms with Gasteiger partial charge in [-0.25, -0.2) is 4.98 Å². The van der Waals surface area contributed by atoms with Gasteiger partial charge in [0, 0.05) is 51.4 Å². The van der Waals surface area contributed by atoms with Crippen molar-refractivity contribution in [1.29, 1.82) is 0 Å². The average Bonchev–Trinajstić information content (AvgIpc) is 3.51. The van der Waals surface area contributed by atoms with Gasteiger partial charge in [0.2, 0.25) is 5.91 Å². The van der Waals surface area contributed by atoms with Crippen molar-refractivity contribution < 1.29 is 19.1 Å². The highest BCUT2D eigenvalue weighted by molar-refractivity contribution is 6.30. The van der Waals surface area contributed by atoms with Crippen LogP contribution >= 0.6 is 11.6 Å². The quantitative estimate of drug-likeness (QED) is 0.139. The van der Waals surface area contributed by atoms with E-state index < -0.39 is 6.04 Å². The third-order valence-corrected chi connectivity index (χ3v) is 8.41. The summed E-state index contributed by atoms with van der Waals surface area (Å²) >= 11 is 6.51. The molecule has 3 unspecified atom stereocenters. The van der Waals surface area contributed by atoms with Crippen LogP contribution in [0, 0.1) is 5.92 Å². The van der Waals surface area contributed by atoms with E-state index in [4.69, 9.17) is 26.8 Å². The summed E-state index contributed by atoms with van der Waals surface area (Å²) in [7, 11) is 5.54. The fourth-order valence-corrected chi connectivity index (χ4v) is 5.68. The van der Waals surface area contributed by atoms with Gasteiger partial charge in [-0.15, -0.1) is 0 Å². The molecule has 0 saturated carbocycles. The van der Waals surface area contributed by atoms with Crippen molar-refractivity contribution in [3.05, 3.63) is 83.6 Å². The Hall–Kier alpha value is -3.44. The summed E-state index contributed by atoms with van der Waals surface area (Å²) in [6.07, 6.45) is 15.1. The molecule has 1 aromatic heterocycles. The lowest BCUT2D eigenvalue weighted by molar-refractivity contribution is -0.133. The van der Waals surface area contributed by atoms with E-state index in [0.717, 1.165) is 73.8 Å². The largest absolute Gasteiger partial charge is 0.465 e. The van der Waals surface area contributed by atoms with Crippen LogP contribution in [-0.2, 0) is 26.1 Å². The molecule has 1 fully saturated rings. The summed E-state index contributed by atoms with van der Waals surface area (Å²) < 4.78 is 11.7. The molecule has 3 rings (SSSR count). The first-order valence-corrected chi connectivity index (χ1v) is 17.7. The number of nitrogens with zero attached hydrogens (tertiary/aromatic N) is 4. The summed E-state index contributed by atoms with van der Waals surface area (Å²) in [6, 6.07) is 5.55. The number of methoxy groups -OCH3 is 1. The molecule has 1 aromatic carbocycles. The number of benzene rings is 1. The van der Waals surface area contributed by atoms with E-state index >= 15 is 0 Å². The van der Waals surface area contributed by atoms with Crippen LogP contribution in [0.25, 0.3) is 5.57 Å². The minimum atomic E-state index is -0.499. The maximum Gasteiger partial charge on any atom is 0.293 e. The maximum absolute atomic E-state index is 12.6. The van der Waals surface area contributed by atoms with E-state index in [1.54, 1.807) is 12.5 Å². The van der Waals surface area contributed by atoms with Crippen molar-refractivity contribution in [2.24, 2.45) is 18.7 Å². The Labute approximate surface area is 300 Å². The number of hydrogen-bond donors (Lipinski definition) is 2. The van der Waals surface area contributed by atoms with Gasteiger partial charge in [-0.2, -0.15) is 0 Å². The highest BCUT2D eigenvalue weighted by atomic mass is 35.5. The van der Waals surface area contributed by atoms with Gasteiger partial charge in [0.05, 0.1) is 30.4 Å². The summed E-state index contributed by atoms with van der Waals surface area (Å²) in [5, 5.41) is 3.68. The average molecular weight is 701 g/mol. The van der Waals surface area contributed by atoms with Crippen LogP contribution < -0.4 is 11.1 Å². The molecular formula is C38H61ClN6O4. The molecule has 1 saturated heterocycles. The molecule has 0 bridgehead atoms. The summed E-state index contributed by atoms with van der Waals surface area (Å²) in [5.41, 5.74) is 9.11. The number of nitrogens with one attached hydrogen (secondary N) is 1. The van der Waals surface area contributed by atoms with Gasteiger partial charge >= 0.3 is 0 Å². The summed E-state index contributed by atoms with van der Waals surface area (Å²) in [4.78, 5) is 31.6. The fourth-order valence-electron chi connectivity index (χ4n) is 5.50. The van der Waals surface area contributed by atoms with Gasteiger partial charge in [-0.3, -0.25) is 14.5 Å². The van der Waals surface area contributed by atoms with Crippen LogP contribution in [0.3, 0.4) is 0 Å². The number of halogens is 1. The summed E-state index contributed by atoms with van der Waals surface area (Å²) in [5.74, 6) is 0.513. The number of ether oxygens (including phenoxy) is 2. The van der Waals surface area contributed by atoms with Gasteiger partial charge < -0.3 is 30.0 Å². The second kappa shape index (κ2) is 24.7. The van der Waals surface area contributed by atoms with E-state index in [1.807, 2.05) is 56.7 Å². The number of amides is 1. The van der Waals surface area contributed by atoms with Crippen molar-refractivity contribution in [1.82, 2.24) is 24.7 Å². The lowest BCUT2D eigenvalue weighted by atomic mass is 9.88. The molecule has 49 heavy (non-hydrogen) atoms. The van der Waals surface area contributed by atoms with E-state index in [0.29, 0.717) is 11.5 Å². The standard InChI is InChI=1S/C27H37ClN6O2.C9H18O2.C2H6/c1-20(27(31-26(35)18-36-4)25-17-30-19-33(25)3)23-16-21(28)9-10-22(23)24(8-6-5-7-11-29)34-14-12-32(2)13-15-34;1-8(2)5-4-6-9(3)11-7-10;1-2/h5-7,9-11,16-17,19,24,27H,1,8,12-15,18,29H2,2-4H3,(H,31,35);7-9H,4-6H2,1-3H3;1-2H3/b6-5-,11-7-;;. The van der Waals surface area contributed by atoms with Crippen molar-refractivity contribution >= 4 is 29.6 Å². The Balaban J connectivity index is 0.000000786. The first-order chi connectivity index (χ1) is 23.5. The number of imidazole rings is 1. The topological polar surface area (TPSA) is 115 Å². The molecule has 3 atom stereocenters. The molecule has 1 aliphatic rings. The molecule has 2 aromatic rings. The Bertz CT molecular complexity index is 1300. The van der Waals surface area contributed by atoms with Crippen LogP contribution in [0.5, 0.6) is 0 Å². The fraction of sp³-hybridized carbons (Fsp3) is 0.553. The smallest absolute Gasteiger partial charge is 0.293 e. The SMILES string of the molecule is C=C(c1cc(Cl)ccc1C(C/C=C\C=C/N)N1CCN(C)CC1)C(NC(=O)COC)c1cncn1C.CC.CC(C)CCCC(C)OC=O. The zero-order valence-corrected chi connectivity index (χ0v) is 31.8. The highest BCUT2D eigenvalue weighted by Gasteiger charge is 2.29. The van der Waals surface area contributed by atoms with E-state index in [-0.39, 0.29) is 24.7 Å². The Morgan fingerprint density at radius 2 is 1.82 bits per heavy atom. The number of piperazine rings is 1. The highest BCUT2D eigenvalue weighted by Crippen LogP contribution is 2.38. The van der Waals surface area contributed by atoms with Gasteiger partial charge in [0.25, 0.3) is 6.47 Å². The number of hydrogen-bond acceptors (Lipinski definition) is 8. The third-order valence-electron chi connectivity index (χ3n) is 8.18. The number of carbonyl (C=O) groups is 2. The number of rotatable bonds is 17. The zero-order valence-electron chi connectivity index (χ0n) is 31.0. The van der Waals surface area contributed by atoms with E-state index in [1.165, 1.54) is 19.7 Å². The number of nitrogens with two attached hydrogens (primary N) is 1. The lowest BCUT2D eigenvalue weighted by Crippen LogP contribution is -2.46. The number of aromatic nitrogens is 2. The molecular weight excluding hydrogens is 640 g/mol. The number of allylic oxidation sites excluding steroid dienone is 2. The normalized spacial score (nSPS) is 15.6. The molecule has 3 N–H and O–H groups in total. The minimum absolute atomic E-state index is 0.0482. The second-order valence-corrected chi connectivity index (χ2v) is 12.8. The van der Waals surface area contributed by atoms with Crippen LogP contribution in [0.1, 0.15) is 89.2 Å². The maximum atomic E-state index is 12.6.